The molecule has 0 fully saturated rings. The van der Waals surface area contributed by atoms with Crippen molar-refractivity contribution in [3.63, 3.8) is 0 Å². The lowest BCUT2D eigenvalue weighted by Gasteiger charge is -2.28. The third kappa shape index (κ3) is 4.62. The normalized spacial score (nSPS) is 12.9. The van der Waals surface area contributed by atoms with E-state index < -0.39 is 33.6 Å². The summed E-state index contributed by atoms with van der Waals surface area (Å²) in [5, 5.41) is 2.62. The smallest absolute Gasteiger partial charge is 0.308 e. The zero-order chi connectivity index (χ0) is 23.1. The molecular formula is C20H21F2N3O4S2. The van der Waals surface area contributed by atoms with E-state index in [2.05, 4.69) is 5.32 Å². The van der Waals surface area contributed by atoms with Gasteiger partial charge >= 0.3 is 4.87 Å². The molecule has 0 saturated carbocycles. The maximum atomic E-state index is 13.7. The lowest BCUT2D eigenvalue weighted by atomic mass is 10.2. The van der Waals surface area contributed by atoms with E-state index in [0.29, 0.717) is 10.4 Å². The molecule has 3 aromatic rings. The average Bonchev–Trinajstić information content (AvgIpc) is 2.98. The van der Waals surface area contributed by atoms with Crippen molar-refractivity contribution in [2.24, 2.45) is 0 Å². The van der Waals surface area contributed by atoms with E-state index >= 15 is 0 Å². The van der Waals surface area contributed by atoms with Crippen LogP contribution in [0.1, 0.15) is 26.8 Å². The lowest BCUT2D eigenvalue weighted by Crippen LogP contribution is -2.45. The van der Waals surface area contributed by atoms with Gasteiger partial charge in [-0.15, -0.1) is 0 Å². The van der Waals surface area contributed by atoms with E-state index in [1.807, 2.05) is 13.8 Å². The molecule has 1 N–H and O–H groups in total. The highest BCUT2D eigenvalue weighted by molar-refractivity contribution is 7.92. The van der Waals surface area contributed by atoms with Gasteiger partial charge in [-0.3, -0.25) is 18.5 Å². The molecule has 2 aromatic carbocycles. The number of hydrogen-bond acceptors (Lipinski definition) is 5. The zero-order valence-electron chi connectivity index (χ0n) is 17.2. The van der Waals surface area contributed by atoms with Gasteiger partial charge in [0.25, 0.3) is 0 Å². The quantitative estimate of drug-likeness (QED) is 0.596. The van der Waals surface area contributed by atoms with E-state index in [1.54, 1.807) is 22.8 Å². The molecule has 0 aliphatic rings. The number of benzene rings is 2. The fraction of sp³-hybridized carbons (Fsp3) is 0.300. The van der Waals surface area contributed by atoms with Crippen LogP contribution in [0, 0.1) is 11.6 Å². The number of carbonyl (C=O) groups is 1. The largest absolute Gasteiger partial charge is 0.324 e. The Morgan fingerprint density at radius 1 is 1.10 bits per heavy atom. The van der Waals surface area contributed by atoms with Crippen LogP contribution in [-0.4, -0.2) is 31.2 Å². The van der Waals surface area contributed by atoms with Gasteiger partial charge in [0.1, 0.15) is 6.04 Å². The molecule has 0 saturated heterocycles. The maximum absolute atomic E-state index is 13.7. The van der Waals surface area contributed by atoms with E-state index in [1.165, 1.54) is 6.92 Å². The fourth-order valence-corrected chi connectivity index (χ4v) is 5.50. The minimum Gasteiger partial charge on any atom is -0.324 e. The van der Waals surface area contributed by atoms with Crippen molar-refractivity contribution in [2.75, 3.05) is 15.9 Å². The number of fused-ring (bicyclic) bond motifs is 1. The molecule has 0 radical (unpaired) electrons. The second-order valence-electron chi connectivity index (χ2n) is 7.34. The summed E-state index contributed by atoms with van der Waals surface area (Å²) in [7, 11) is -3.99. The second kappa shape index (κ2) is 8.39. The number of sulfonamides is 1. The molecule has 0 spiro atoms. The number of halogens is 2. The van der Waals surface area contributed by atoms with Gasteiger partial charge in [0.15, 0.2) is 11.6 Å². The second-order valence-corrected chi connectivity index (χ2v) is 10.2. The first-order valence-electron chi connectivity index (χ1n) is 9.30. The predicted molar refractivity (Wildman–Crippen MR) is 118 cm³/mol. The minimum absolute atomic E-state index is 0.0267. The van der Waals surface area contributed by atoms with Crippen LogP contribution in [-0.2, 0) is 14.8 Å². The molecule has 0 bridgehead atoms. The van der Waals surface area contributed by atoms with Crippen molar-refractivity contribution < 1.29 is 22.0 Å². The Hall–Kier alpha value is -2.79. The Morgan fingerprint density at radius 3 is 2.35 bits per heavy atom. The van der Waals surface area contributed by atoms with Gasteiger partial charge < -0.3 is 5.32 Å². The first kappa shape index (κ1) is 22.9. The molecule has 7 nitrogen and oxygen atoms in total. The van der Waals surface area contributed by atoms with Crippen LogP contribution in [0.5, 0.6) is 0 Å². The first-order valence-corrected chi connectivity index (χ1v) is 12.0. The molecule has 0 aliphatic carbocycles. The number of anilines is 2. The Morgan fingerprint density at radius 2 is 1.77 bits per heavy atom. The standard InChI is InChI=1S/C20H21F2N3O4S2/c1-11(2)24-17-8-5-13(9-18(17)30-20(24)27)23-19(26)12(3)25(31(4,28)29)14-6-7-15(21)16(22)10-14/h5-12H,1-4H3,(H,23,26). The summed E-state index contributed by atoms with van der Waals surface area (Å²) in [5.41, 5.74) is 0.933. The van der Waals surface area contributed by atoms with Crippen LogP contribution in [0.3, 0.4) is 0 Å². The highest BCUT2D eigenvalue weighted by Gasteiger charge is 2.30. The number of rotatable bonds is 6. The highest BCUT2D eigenvalue weighted by atomic mass is 32.2. The van der Waals surface area contributed by atoms with Crippen molar-refractivity contribution in [1.29, 1.82) is 0 Å². The third-order valence-electron chi connectivity index (χ3n) is 4.64. The number of carbonyl (C=O) groups excluding carboxylic acids is 1. The molecule has 1 heterocycles. The number of nitrogens with one attached hydrogen (secondary N) is 1. The Labute approximate surface area is 182 Å². The number of hydrogen-bond donors (Lipinski definition) is 1. The van der Waals surface area contributed by atoms with Gasteiger partial charge in [-0.05, 0) is 51.1 Å². The molecule has 1 aromatic heterocycles. The molecule has 0 aliphatic heterocycles. The van der Waals surface area contributed by atoms with Crippen molar-refractivity contribution in [1.82, 2.24) is 4.57 Å². The molecule has 1 amide bonds. The van der Waals surface area contributed by atoms with Gasteiger partial charge in [0.2, 0.25) is 15.9 Å². The van der Waals surface area contributed by atoms with Crippen molar-refractivity contribution >= 4 is 48.9 Å². The molecule has 1 atom stereocenters. The van der Waals surface area contributed by atoms with Gasteiger partial charge in [0, 0.05) is 17.8 Å². The summed E-state index contributed by atoms with van der Waals surface area (Å²) in [6.45, 7) is 5.12. The van der Waals surface area contributed by atoms with Crippen LogP contribution in [0.25, 0.3) is 10.2 Å². The summed E-state index contributed by atoms with van der Waals surface area (Å²) in [4.78, 5) is 24.9. The number of aromatic nitrogens is 1. The average molecular weight is 470 g/mol. The van der Waals surface area contributed by atoms with Crippen LogP contribution in [0.2, 0.25) is 0 Å². The fourth-order valence-electron chi connectivity index (χ4n) is 3.28. The van der Waals surface area contributed by atoms with Crippen LogP contribution >= 0.6 is 11.3 Å². The summed E-state index contributed by atoms with van der Waals surface area (Å²) in [6.07, 6.45) is 0.871. The molecule has 166 valence electrons. The molecule has 1 unspecified atom stereocenters. The van der Waals surface area contributed by atoms with Crippen molar-refractivity contribution in [3.8, 4) is 0 Å². The summed E-state index contributed by atoms with van der Waals surface area (Å²) in [5.74, 6) is -3.03. The monoisotopic (exact) mass is 469 g/mol. The molecular weight excluding hydrogens is 448 g/mol. The number of thiazole rings is 1. The summed E-state index contributed by atoms with van der Waals surface area (Å²) in [6, 6.07) is 6.27. The van der Waals surface area contributed by atoms with E-state index in [-0.39, 0.29) is 16.6 Å². The summed E-state index contributed by atoms with van der Waals surface area (Å²) < 4.78 is 54.6. The Balaban J connectivity index is 1.92. The molecule has 31 heavy (non-hydrogen) atoms. The van der Waals surface area contributed by atoms with Crippen molar-refractivity contribution in [3.05, 3.63) is 57.7 Å². The van der Waals surface area contributed by atoms with Crippen LogP contribution in [0.15, 0.2) is 41.2 Å². The van der Waals surface area contributed by atoms with Crippen molar-refractivity contribution in [2.45, 2.75) is 32.9 Å². The molecule has 3 rings (SSSR count). The molecule has 11 heteroatoms. The minimum atomic E-state index is -3.99. The predicted octanol–water partition coefficient (Wildman–Crippen LogP) is 3.72. The maximum Gasteiger partial charge on any atom is 0.308 e. The van der Waals surface area contributed by atoms with Gasteiger partial charge in [-0.25, -0.2) is 17.2 Å². The van der Waals surface area contributed by atoms with E-state index in [4.69, 9.17) is 0 Å². The van der Waals surface area contributed by atoms with Gasteiger partial charge in [-0.2, -0.15) is 0 Å². The zero-order valence-corrected chi connectivity index (χ0v) is 18.9. The highest BCUT2D eigenvalue weighted by Crippen LogP contribution is 2.26. The van der Waals surface area contributed by atoms with E-state index in [0.717, 1.165) is 45.6 Å². The third-order valence-corrected chi connectivity index (χ3v) is 6.80. The first-order chi connectivity index (χ1) is 14.4. The van der Waals surface area contributed by atoms with E-state index in [9.17, 15) is 26.8 Å². The van der Waals surface area contributed by atoms with Gasteiger partial charge in [0.05, 0.1) is 22.2 Å². The topological polar surface area (TPSA) is 88.5 Å². The SMILES string of the molecule is CC(C(=O)Nc1ccc2c(c1)sc(=O)n2C(C)C)N(c1ccc(F)c(F)c1)S(C)(=O)=O. The van der Waals surface area contributed by atoms with Gasteiger partial charge in [-0.1, -0.05) is 11.3 Å². The Kier molecular flexibility index (Phi) is 6.19. The number of amides is 1. The van der Waals surface area contributed by atoms with Crippen LogP contribution in [0.4, 0.5) is 20.2 Å². The van der Waals surface area contributed by atoms with Crippen LogP contribution < -0.4 is 14.5 Å². The number of nitrogens with zero attached hydrogens (tertiary/aromatic N) is 2. The summed E-state index contributed by atoms with van der Waals surface area (Å²) >= 11 is 1.04. The Bertz CT molecular complexity index is 1320. The lowest BCUT2D eigenvalue weighted by molar-refractivity contribution is -0.116.